The molecular weight excluding hydrogens is 198 g/mol. The van der Waals surface area contributed by atoms with Gasteiger partial charge in [-0.2, -0.15) is 5.26 Å². The minimum atomic E-state index is 0.0207. The molecule has 0 bridgehead atoms. The second kappa shape index (κ2) is 6.14. The first-order chi connectivity index (χ1) is 7.70. The number of nitrogens with zero attached hydrogens (tertiary/aromatic N) is 2. The van der Waals surface area contributed by atoms with Crippen LogP contribution in [0.4, 0.5) is 5.69 Å². The predicted octanol–water partition coefficient (Wildman–Crippen LogP) is 2.45. The topological polar surface area (TPSA) is 53.0 Å². The van der Waals surface area contributed by atoms with Crippen molar-refractivity contribution in [2.45, 2.75) is 26.3 Å². The van der Waals surface area contributed by atoms with E-state index in [0.717, 1.165) is 24.3 Å². The van der Waals surface area contributed by atoms with Crippen molar-refractivity contribution in [3.63, 3.8) is 0 Å². The Morgan fingerprint density at radius 1 is 1.44 bits per heavy atom. The largest absolute Gasteiger partial charge is 0.371 e. The molecule has 0 saturated heterocycles. The highest BCUT2D eigenvalue weighted by atomic mass is 15.1. The first kappa shape index (κ1) is 12.5. The summed E-state index contributed by atoms with van der Waals surface area (Å²) in [6.07, 6.45) is 0.543. The molecule has 0 unspecified atom stereocenters. The van der Waals surface area contributed by atoms with Gasteiger partial charge in [0.2, 0.25) is 0 Å². The number of anilines is 1. The summed E-state index contributed by atoms with van der Waals surface area (Å²) < 4.78 is 0. The Kier molecular flexibility index (Phi) is 4.81. The van der Waals surface area contributed by atoms with Crippen molar-refractivity contribution in [2.75, 3.05) is 18.0 Å². The van der Waals surface area contributed by atoms with E-state index in [2.05, 4.69) is 30.0 Å². The normalized spacial score (nSPS) is 11.9. The van der Waals surface area contributed by atoms with Crippen molar-refractivity contribution >= 4 is 5.69 Å². The van der Waals surface area contributed by atoms with Gasteiger partial charge in [0.15, 0.2) is 0 Å². The molecule has 86 valence electrons. The third-order valence-electron chi connectivity index (χ3n) is 2.64. The summed E-state index contributed by atoms with van der Waals surface area (Å²) in [6.45, 7) is 5.73. The zero-order valence-corrected chi connectivity index (χ0v) is 9.98. The number of hydrogen-bond donors (Lipinski definition) is 1. The summed E-state index contributed by atoms with van der Waals surface area (Å²) in [5, 5.41) is 8.63. The Balaban J connectivity index is 2.95. The molecule has 0 aliphatic rings. The van der Waals surface area contributed by atoms with Gasteiger partial charge in [0.25, 0.3) is 0 Å². The fourth-order valence-electron chi connectivity index (χ4n) is 1.79. The maximum atomic E-state index is 8.63. The molecule has 0 spiro atoms. The maximum Gasteiger partial charge on any atom is 0.0640 e. The van der Waals surface area contributed by atoms with Gasteiger partial charge < -0.3 is 10.6 Å². The summed E-state index contributed by atoms with van der Waals surface area (Å²) in [5.41, 5.74) is 8.23. The van der Waals surface area contributed by atoms with Crippen LogP contribution >= 0.6 is 0 Å². The van der Waals surface area contributed by atoms with Crippen LogP contribution in [0.2, 0.25) is 0 Å². The average Bonchev–Trinajstić information content (AvgIpc) is 2.30. The number of para-hydroxylation sites is 1. The van der Waals surface area contributed by atoms with Gasteiger partial charge in [-0.05, 0) is 25.5 Å². The molecule has 0 fully saturated rings. The van der Waals surface area contributed by atoms with Gasteiger partial charge in [-0.15, -0.1) is 0 Å². The third kappa shape index (κ3) is 2.98. The monoisotopic (exact) mass is 217 g/mol. The Morgan fingerprint density at radius 3 is 2.69 bits per heavy atom. The van der Waals surface area contributed by atoms with Crippen LogP contribution in [0.1, 0.15) is 31.9 Å². The lowest BCUT2D eigenvalue weighted by Crippen LogP contribution is -2.26. The first-order valence-corrected chi connectivity index (χ1v) is 5.67. The molecule has 0 heterocycles. The SMILES string of the molecule is CCN(CCC#N)c1ccccc1[C@H](C)N. The van der Waals surface area contributed by atoms with E-state index in [9.17, 15) is 0 Å². The van der Waals surface area contributed by atoms with Crippen LogP contribution in [0.15, 0.2) is 24.3 Å². The van der Waals surface area contributed by atoms with Gasteiger partial charge in [-0.3, -0.25) is 0 Å². The Bertz CT molecular complexity index is 366. The fourth-order valence-corrected chi connectivity index (χ4v) is 1.79. The molecule has 0 radical (unpaired) electrons. The molecule has 0 amide bonds. The summed E-state index contributed by atoms with van der Waals surface area (Å²) in [6, 6.07) is 10.3. The second-order valence-corrected chi connectivity index (χ2v) is 3.84. The van der Waals surface area contributed by atoms with Gasteiger partial charge in [-0.1, -0.05) is 18.2 Å². The molecule has 0 saturated carbocycles. The standard InChI is InChI=1S/C13H19N3/c1-3-16(10-6-9-14)13-8-5-4-7-12(13)11(2)15/h4-5,7-8,11H,3,6,10,15H2,1-2H3/t11-/m0/s1. The van der Waals surface area contributed by atoms with E-state index in [1.165, 1.54) is 0 Å². The summed E-state index contributed by atoms with van der Waals surface area (Å²) in [4.78, 5) is 2.20. The number of rotatable bonds is 5. The van der Waals surface area contributed by atoms with Crippen molar-refractivity contribution in [1.29, 1.82) is 5.26 Å². The molecule has 3 nitrogen and oxygen atoms in total. The van der Waals surface area contributed by atoms with Crippen molar-refractivity contribution in [1.82, 2.24) is 0 Å². The molecular formula is C13H19N3. The molecule has 2 N–H and O–H groups in total. The maximum absolute atomic E-state index is 8.63. The summed E-state index contributed by atoms with van der Waals surface area (Å²) in [7, 11) is 0. The number of benzene rings is 1. The lowest BCUT2D eigenvalue weighted by molar-refractivity contribution is 0.778. The lowest BCUT2D eigenvalue weighted by atomic mass is 10.1. The predicted molar refractivity (Wildman–Crippen MR) is 67.2 cm³/mol. The Hall–Kier alpha value is -1.53. The zero-order chi connectivity index (χ0) is 12.0. The molecule has 1 aromatic carbocycles. The van der Waals surface area contributed by atoms with Gasteiger partial charge in [0.1, 0.15) is 0 Å². The van der Waals surface area contributed by atoms with Crippen molar-refractivity contribution in [2.24, 2.45) is 5.73 Å². The molecule has 1 aromatic rings. The van der Waals surface area contributed by atoms with E-state index in [0.29, 0.717) is 6.42 Å². The van der Waals surface area contributed by atoms with E-state index in [-0.39, 0.29) is 6.04 Å². The summed E-state index contributed by atoms with van der Waals surface area (Å²) in [5.74, 6) is 0. The van der Waals surface area contributed by atoms with Crippen LogP contribution in [0.25, 0.3) is 0 Å². The van der Waals surface area contributed by atoms with Crippen molar-refractivity contribution < 1.29 is 0 Å². The van der Waals surface area contributed by atoms with Crippen LogP contribution in [0, 0.1) is 11.3 Å². The van der Waals surface area contributed by atoms with Gasteiger partial charge in [0.05, 0.1) is 12.5 Å². The smallest absolute Gasteiger partial charge is 0.0640 e. The van der Waals surface area contributed by atoms with E-state index < -0.39 is 0 Å². The highest BCUT2D eigenvalue weighted by molar-refractivity contribution is 5.54. The van der Waals surface area contributed by atoms with E-state index in [1.807, 2.05) is 19.1 Å². The van der Waals surface area contributed by atoms with Crippen molar-refractivity contribution in [3.8, 4) is 6.07 Å². The molecule has 1 atom stereocenters. The molecule has 1 rings (SSSR count). The molecule has 16 heavy (non-hydrogen) atoms. The number of nitrogens with two attached hydrogens (primary N) is 1. The highest BCUT2D eigenvalue weighted by Gasteiger charge is 2.11. The third-order valence-corrected chi connectivity index (χ3v) is 2.64. The first-order valence-electron chi connectivity index (χ1n) is 5.67. The molecule has 3 heteroatoms. The van der Waals surface area contributed by atoms with Crippen LogP contribution in [-0.4, -0.2) is 13.1 Å². The van der Waals surface area contributed by atoms with Crippen molar-refractivity contribution in [3.05, 3.63) is 29.8 Å². The molecule has 0 aliphatic heterocycles. The number of hydrogen-bond acceptors (Lipinski definition) is 3. The van der Waals surface area contributed by atoms with Crippen LogP contribution in [0.3, 0.4) is 0 Å². The highest BCUT2D eigenvalue weighted by Crippen LogP contribution is 2.24. The van der Waals surface area contributed by atoms with E-state index in [4.69, 9.17) is 11.0 Å². The molecule has 0 aromatic heterocycles. The lowest BCUT2D eigenvalue weighted by Gasteiger charge is -2.26. The minimum Gasteiger partial charge on any atom is -0.371 e. The van der Waals surface area contributed by atoms with Gasteiger partial charge in [-0.25, -0.2) is 0 Å². The van der Waals surface area contributed by atoms with Crippen LogP contribution in [0.5, 0.6) is 0 Å². The van der Waals surface area contributed by atoms with E-state index >= 15 is 0 Å². The van der Waals surface area contributed by atoms with Gasteiger partial charge >= 0.3 is 0 Å². The summed E-state index contributed by atoms with van der Waals surface area (Å²) >= 11 is 0. The molecule has 0 aliphatic carbocycles. The second-order valence-electron chi connectivity index (χ2n) is 3.84. The van der Waals surface area contributed by atoms with Gasteiger partial charge in [0, 0.05) is 24.8 Å². The fraction of sp³-hybridized carbons (Fsp3) is 0.462. The zero-order valence-electron chi connectivity index (χ0n) is 9.98. The average molecular weight is 217 g/mol. The van der Waals surface area contributed by atoms with E-state index in [1.54, 1.807) is 0 Å². The quantitative estimate of drug-likeness (QED) is 0.824. The number of nitriles is 1. The minimum absolute atomic E-state index is 0.0207. The van der Waals surface area contributed by atoms with Crippen LogP contribution in [-0.2, 0) is 0 Å². The Morgan fingerprint density at radius 2 is 2.12 bits per heavy atom. The Labute approximate surface area is 97.5 Å². The van der Waals surface area contributed by atoms with Crippen LogP contribution < -0.4 is 10.6 Å².